The summed E-state index contributed by atoms with van der Waals surface area (Å²) >= 11 is 0. The number of fused-ring (bicyclic) bond motifs is 3. The molecule has 50 heavy (non-hydrogen) atoms. The summed E-state index contributed by atoms with van der Waals surface area (Å²) in [7, 11) is 0. The van der Waals surface area contributed by atoms with Crippen molar-refractivity contribution in [2.75, 3.05) is 4.90 Å². The van der Waals surface area contributed by atoms with Gasteiger partial charge >= 0.3 is 0 Å². The molecule has 2 aromatic heterocycles. The Kier molecular flexibility index (Phi) is 7.41. The van der Waals surface area contributed by atoms with E-state index in [0.29, 0.717) is 17.5 Å². The Morgan fingerprint density at radius 3 is 1.38 bits per heavy atom. The maximum absolute atomic E-state index is 6.21. The van der Waals surface area contributed by atoms with E-state index in [1.54, 1.807) is 0 Å². The standard InChI is InChI=1S/C45H30N4O/c1-4-12-31(13-5-1)32-20-25-37(26-21-32)49(36-16-8-3-9-17-36)38-27-22-34(23-28-38)44-46-43(33-14-6-2-7-15-33)47-45(48-44)35-24-29-40-39-18-10-11-19-41(39)50-42(40)30-35/h1-30H. The van der Waals surface area contributed by atoms with Crippen LogP contribution in [0, 0.1) is 0 Å². The van der Waals surface area contributed by atoms with Crippen molar-refractivity contribution in [1.82, 2.24) is 15.0 Å². The molecule has 7 aromatic carbocycles. The maximum atomic E-state index is 6.21. The summed E-state index contributed by atoms with van der Waals surface area (Å²) in [5, 5.41) is 2.15. The third kappa shape index (κ3) is 5.57. The van der Waals surface area contributed by atoms with Crippen LogP contribution in [0.3, 0.4) is 0 Å². The lowest BCUT2D eigenvalue weighted by molar-refractivity contribution is 0.669. The third-order valence-electron chi connectivity index (χ3n) is 8.94. The Morgan fingerprint density at radius 2 is 0.740 bits per heavy atom. The summed E-state index contributed by atoms with van der Waals surface area (Å²) in [5.41, 5.74) is 9.88. The predicted molar refractivity (Wildman–Crippen MR) is 204 cm³/mol. The average Bonchev–Trinajstić information content (AvgIpc) is 3.57. The van der Waals surface area contributed by atoms with E-state index < -0.39 is 0 Å². The molecular formula is C45H30N4O. The van der Waals surface area contributed by atoms with Crippen LogP contribution in [-0.2, 0) is 0 Å². The van der Waals surface area contributed by atoms with Crippen LogP contribution < -0.4 is 4.90 Å². The van der Waals surface area contributed by atoms with Crippen LogP contribution in [0.2, 0.25) is 0 Å². The van der Waals surface area contributed by atoms with Gasteiger partial charge in [-0.05, 0) is 77.9 Å². The molecule has 0 saturated carbocycles. The summed E-state index contributed by atoms with van der Waals surface area (Å²) in [4.78, 5) is 17.2. The normalized spacial score (nSPS) is 11.2. The molecular weight excluding hydrogens is 613 g/mol. The molecule has 0 atom stereocenters. The van der Waals surface area contributed by atoms with Gasteiger partial charge < -0.3 is 9.32 Å². The number of benzene rings is 7. The molecule has 0 saturated heterocycles. The van der Waals surface area contributed by atoms with E-state index in [2.05, 4.69) is 120 Å². The van der Waals surface area contributed by atoms with Crippen molar-refractivity contribution in [3.05, 3.63) is 182 Å². The molecule has 2 heterocycles. The van der Waals surface area contributed by atoms with Crippen LogP contribution in [0.15, 0.2) is 186 Å². The molecule has 0 bridgehead atoms. The van der Waals surface area contributed by atoms with Gasteiger partial charge in [-0.1, -0.05) is 115 Å². The fraction of sp³-hybridized carbons (Fsp3) is 0. The maximum Gasteiger partial charge on any atom is 0.164 e. The van der Waals surface area contributed by atoms with Crippen molar-refractivity contribution >= 4 is 39.0 Å². The van der Waals surface area contributed by atoms with Crippen LogP contribution in [0.4, 0.5) is 17.1 Å². The average molecular weight is 643 g/mol. The van der Waals surface area contributed by atoms with Gasteiger partial charge in [-0.15, -0.1) is 0 Å². The Labute approximate surface area is 289 Å². The van der Waals surface area contributed by atoms with Gasteiger partial charge in [0.1, 0.15) is 11.2 Å². The van der Waals surface area contributed by atoms with Crippen molar-refractivity contribution in [1.29, 1.82) is 0 Å². The predicted octanol–water partition coefficient (Wildman–Crippen LogP) is 11.9. The molecule has 0 radical (unpaired) electrons. The smallest absolute Gasteiger partial charge is 0.164 e. The Hall–Kier alpha value is -6.85. The van der Waals surface area contributed by atoms with Gasteiger partial charge in [0.05, 0.1) is 0 Å². The van der Waals surface area contributed by atoms with Crippen LogP contribution in [0.25, 0.3) is 67.2 Å². The van der Waals surface area contributed by atoms with E-state index in [0.717, 1.165) is 55.7 Å². The van der Waals surface area contributed by atoms with Gasteiger partial charge in [0.2, 0.25) is 0 Å². The summed E-state index contributed by atoms with van der Waals surface area (Å²) in [6.45, 7) is 0. The molecule has 0 unspecified atom stereocenters. The number of hydrogen-bond donors (Lipinski definition) is 0. The largest absolute Gasteiger partial charge is 0.456 e. The second-order valence-electron chi connectivity index (χ2n) is 12.1. The zero-order chi connectivity index (χ0) is 33.3. The molecule has 236 valence electrons. The highest BCUT2D eigenvalue weighted by molar-refractivity contribution is 6.05. The topological polar surface area (TPSA) is 55.1 Å². The van der Waals surface area contributed by atoms with Crippen molar-refractivity contribution in [3.63, 3.8) is 0 Å². The van der Waals surface area contributed by atoms with Crippen LogP contribution in [-0.4, -0.2) is 15.0 Å². The highest BCUT2D eigenvalue weighted by Gasteiger charge is 2.17. The van der Waals surface area contributed by atoms with E-state index in [1.165, 1.54) is 11.1 Å². The van der Waals surface area contributed by atoms with Crippen molar-refractivity contribution in [2.24, 2.45) is 0 Å². The van der Waals surface area contributed by atoms with Gasteiger partial charge in [0, 0.05) is 44.5 Å². The number of para-hydroxylation sites is 2. The van der Waals surface area contributed by atoms with Gasteiger partial charge in [0.15, 0.2) is 17.5 Å². The van der Waals surface area contributed by atoms with E-state index in [-0.39, 0.29) is 0 Å². The zero-order valence-corrected chi connectivity index (χ0v) is 27.0. The Bertz CT molecular complexity index is 2560. The van der Waals surface area contributed by atoms with Crippen molar-refractivity contribution < 1.29 is 4.42 Å². The molecule has 0 aliphatic carbocycles. The Balaban J connectivity index is 1.11. The number of aromatic nitrogens is 3. The lowest BCUT2D eigenvalue weighted by atomic mass is 10.0. The highest BCUT2D eigenvalue weighted by Crippen LogP contribution is 2.37. The monoisotopic (exact) mass is 642 g/mol. The molecule has 0 aliphatic heterocycles. The van der Waals surface area contributed by atoms with Gasteiger partial charge in [-0.25, -0.2) is 15.0 Å². The number of anilines is 3. The lowest BCUT2D eigenvalue weighted by Crippen LogP contribution is -2.09. The molecule has 0 aliphatic rings. The van der Waals surface area contributed by atoms with Gasteiger partial charge in [0.25, 0.3) is 0 Å². The van der Waals surface area contributed by atoms with Crippen LogP contribution in [0.1, 0.15) is 0 Å². The number of furan rings is 1. The minimum atomic E-state index is 0.588. The number of nitrogens with zero attached hydrogens (tertiary/aromatic N) is 4. The second-order valence-corrected chi connectivity index (χ2v) is 12.1. The summed E-state index contributed by atoms with van der Waals surface area (Å²) in [5.74, 6) is 1.80. The van der Waals surface area contributed by atoms with Crippen LogP contribution >= 0.6 is 0 Å². The number of hydrogen-bond acceptors (Lipinski definition) is 5. The minimum Gasteiger partial charge on any atom is -0.456 e. The van der Waals surface area contributed by atoms with Crippen molar-refractivity contribution in [2.45, 2.75) is 0 Å². The molecule has 0 amide bonds. The van der Waals surface area contributed by atoms with Crippen molar-refractivity contribution in [3.8, 4) is 45.3 Å². The number of rotatable bonds is 7. The summed E-state index contributed by atoms with van der Waals surface area (Å²) in [6.07, 6.45) is 0. The van der Waals surface area contributed by atoms with E-state index in [9.17, 15) is 0 Å². The first-order valence-corrected chi connectivity index (χ1v) is 16.6. The zero-order valence-electron chi connectivity index (χ0n) is 27.0. The molecule has 5 nitrogen and oxygen atoms in total. The molecule has 5 heteroatoms. The summed E-state index contributed by atoms with van der Waals surface area (Å²) < 4.78 is 6.21. The molecule has 0 N–H and O–H groups in total. The quantitative estimate of drug-likeness (QED) is 0.173. The van der Waals surface area contributed by atoms with E-state index in [4.69, 9.17) is 19.4 Å². The van der Waals surface area contributed by atoms with Crippen LogP contribution in [0.5, 0.6) is 0 Å². The molecule has 0 fully saturated rings. The first kappa shape index (κ1) is 29.3. The van der Waals surface area contributed by atoms with E-state index >= 15 is 0 Å². The summed E-state index contributed by atoms with van der Waals surface area (Å²) in [6, 6.07) is 62.3. The Morgan fingerprint density at radius 1 is 0.320 bits per heavy atom. The lowest BCUT2D eigenvalue weighted by Gasteiger charge is -2.25. The fourth-order valence-electron chi connectivity index (χ4n) is 6.43. The molecule has 0 spiro atoms. The SMILES string of the molecule is c1ccc(-c2ccc(N(c3ccccc3)c3ccc(-c4nc(-c5ccccc5)nc(-c5ccc6c(c5)oc5ccccc56)n4)cc3)cc2)cc1. The molecule has 9 aromatic rings. The first-order valence-electron chi connectivity index (χ1n) is 16.6. The van der Waals surface area contributed by atoms with Gasteiger partial charge in [-0.3, -0.25) is 0 Å². The van der Waals surface area contributed by atoms with Gasteiger partial charge in [-0.2, -0.15) is 0 Å². The second kappa shape index (κ2) is 12.6. The fourth-order valence-corrected chi connectivity index (χ4v) is 6.43. The minimum absolute atomic E-state index is 0.588. The van der Waals surface area contributed by atoms with E-state index in [1.807, 2.05) is 66.7 Å². The first-order chi connectivity index (χ1) is 24.8. The highest BCUT2D eigenvalue weighted by atomic mass is 16.3. The third-order valence-corrected chi connectivity index (χ3v) is 8.94. The molecule has 9 rings (SSSR count).